The zero-order valence-electron chi connectivity index (χ0n) is 23.2. The number of sulfonamides is 1. The van der Waals surface area contributed by atoms with Crippen LogP contribution in [-0.2, 0) is 26.2 Å². The van der Waals surface area contributed by atoms with Crippen LogP contribution in [0.3, 0.4) is 0 Å². The maximum atomic E-state index is 13.5. The smallest absolute Gasteiger partial charge is 0.242 e. The molecule has 0 unspecified atom stereocenters. The molecular weight excluding hydrogens is 557 g/mol. The first-order chi connectivity index (χ1) is 18.3. The number of halogens is 2. The lowest BCUT2D eigenvalue weighted by molar-refractivity contribution is -0.141. The topological polar surface area (TPSA) is 86.8 Å². The number of amides is 2. The average Bonchev–Trinajstić information content (AvgIpc) is 2.85. The number of nitrogens with zero attached hydrogens (tertiary/aromatic N) is 2. The highest BCUT2D eigenvalue weighted by Crippen LogP contribution is 2.25. The van der Waals surface area contributed by atoms with Crippen molar-refractivity contribution in [2.45, 2.75) is 84.3 Å². The number of anilines is 1. The molecule has 2 aromatic rings. The molecule has 39 heavy (non-hydrogen) atoms. The maximum absolute atomic E-state index is 13.5. The van der Waals surface area contributed by atoms with Crippen LogP contribution in [0.5, 0.6) is 0 Å². The standard InChI is InChI=1S/C29H39Cl2N3O4S/c1-20-15-21(2)17-26(16-20)34(39(4,37)38)14-8-11-28(35)33(19-23-12-13-24(30)18-27(23)31)22(3)29(36)32-25-9-6-5-7-10-25/h12-13,15-18,22,25H,5-11,14,19H2,1-4H3,(H,32,36)/t22-/m1/s1. The first-order valence-electron chi connectivity index (χ1n) is 13.4. The molecule has 1 N–H and O–H groups in total. The number of carbonyl (C=O) groups is 2. The molecule has 214 valence electrons. The molecule has 0 aromatic heterocycles. The molecule has 1 fully saturated rings. The van der Waals surface area contributed by atoms with Gasteiger partial charge in [-0.2, -0.15) is 0 Å². The van der Waals surface area contributed by atoms with Gasteiger partial charge >= 0.3 is 0 Å². The summed E-state index contributed by atoms with van der Waals surface area (Å²) < 4.78 is 26.6. The Kier molecular flexibility index (Phi) is 11.1. The van der Waals surface area contributed by atoms with Crippen molar-refractivity contribution in [1.82, 2.24) is 10.2 Å². The second kappa shape index (κ2) is 13.9. The van der Waals surface area contributed by atoms with E-state index in [1.54, 1.807) is 25.1 Å². The first kappa shape index (κ1) is 31.2. The molecule has 1 aliphatic rings. The Labute approximate surface area is 242 Å². The van der Waals surface area contributed by atoms with Gasteiger partial charge in [0, 0.05) is 35.6 Å². The van der Waals surface area contributed by atoms with E-state index in [1.165, 1.54) is 21.9 Å². The Morgan fingerprint density at radius 1 is 1.03 bits per heavy atom. The summed E-state index contributed by atoms with van der Waals surface area (Å²) in [5, 5.41) is 4.01. The highest BCUT2D eigenvalue weighted by molar-refractivity contribution is 7.92. The van der Waals surface area contributed by atoms with Gasteiger partial charge in [-0.25, -0.2) is 8.42 Å². The summed E-state index contributed by atoms with van der Waals surface area (Å²) >= 11 is 12.5. The van der Waals surface area contributed by atoms with Crippen molar-refractivity contribution in [2.75, 3.05) is 17.1 Å². The van der Waals surface area contributed by atoms with Crippen LogP contribution in [-0.4, -0.2) is 50.0 Å². The van der Waals surface area contributed by atoms with Crippen molar-refractivity contribution in [2.24, 2.45) is 0 Å². The lowest BCUT2D eigenvalue weighted by Crippen LogP contribution is -2.50. The lowest BCUT2D eigenvalue weighted by Gasteiger charge is -2.32. The summed E-state index contributed by atoms with van der Waals surface area (Å²) in [6, 6.07) is 10.1. The van der Waals surface area contributed by atoms with Gasteiger partial charge in [-0.1, -0.05) is 54.6 Å². The number of aryl methyl sites for hydroxylation is 2. The Morgan fingerprint density at radius 3 is 2.26 bits per heavy atom. The minimum atomic E-state index is -3.56. The molecule has 2 amide bonds. The molecule has 1 saturated carbocycles. The Morgan fingerprint density at radius 2 is 1.67 bits per heavy atom. The van der Waals surface area contributed by atoms with E-state index in [2.05, 4.69) is 5.32 Å². The average molecular weight is 597 g/mol. The van der Waals surface area contributed by atoms with Crippen molar-refractivity contribution in [3.63, 3.8) is 0 Å². The van der Waals surface area contributed by atoms with Crippen molar-refractivity contribution in [3.8, 4) is 0 Å². The highest BCUT2D eigenvalue weighted by atomic mass is 35.5. The fraction of sp³-hybridized carbons (Fsp3) is 0.517. The summed E-state index contributed by atoms with van der Waals surface area (Å²) in [4.78, 5) is 28.3. The van der Waals surface area contributed by atoms with Crippen LogP contribution in [0.15, 0.2) is 36.4 Å². The number of hydrogen-bond acceptors (Lipinski definition) is 4. The lowest BCUT2D eigenvalue weighted by atomic mass is 9.95. The van der Waals surface area contributed by atoms with Crippen LogP contribution in [0, 0.1) is 13.8 Å². The molecule has 0 spiro atoms. The summed E-state index contributed by atoms with van der Waals surface area (Å²) in [5.74, 6) is -0.450. The van der Waals surface area contributed by atoms with E-state index in [1.807, 2.05) is 32.0 Å². The SMILES string of the molecule is Cc1cc(C)cc(N(CCCC(=O)N(Cc2ccc(Cl)cc2Cl)[C@H](C)C(=O)NC2CCCCC2)S(C)(=O)=O)c1. The van der Waals surface area contributed by atoms with Crippen LogP contribution in [0.4, 0.5) is 5.69 Å². The van der Waals surface area contributed by atoms with Crippen LogP contribution < -0.4 is 9.62 Å². The predicted molar refractivity (Wildman–Crippen MR) is 159 cm³/mol. The van der Waals surface area contributed by atoms with E-state index >= 15 is 0 Å². The zero-order chi connectivity index (χ0) is 28.7. The molecule has 2 aromatic carbocycles. The van der Waals surface area contributed by atoms with Crippen molar-refractivity contribution >= 4 is 50.7 Å². The fourth-order valence-corrected chi connectivity index (χ4v) is 6.50. The van der Waals surface area contributed by atoms with Gasteiger partial charge in [-0.05, 0) is 81.0 Å². The van der Waals surface area contributed by atoms with Crippen LogP contribution in [0.25, 0.3) is 0 Å². The summed E-state index contributed by atoms with van der Waals surface area (Å²) in [6.45, 7) is 5.84. The normalized spacial score (nSPS) is 15.0. The van der Waals surface area contributed by atoms with Crippen LogP contribution in [0.2, 0.25) is 10.0 Å². The molecule has 1 aliphatic carbocycles. The largest absolute Gasteiger partial charge is 0.352 e. The van der Waals surface area contributed by atoms with Gasteiger partial charge in [-0.15, -0.1) is 0 Å². The van der Waals surface area contributed by atoms with Gasteiger partial charge in [0.05, 0.1) is 11.9 Å². The molecule has 7 nitrogen and oxygen atoms in total. The molecule has 0 saturated heterocycles. The monoisotopic (exact) mass is 595 g/mol. The Balaban J connectivity index is 1.76. The van der Waals surface area contributed by atoms with Crippen molar-refractivity contribution < 1.29 is 18.0 Å². The number of nitrogens with one attached hydrogen (secondary N) is 1. The van der Waals surface area contributed by atoms with Crippen LogP contribution >= 0.6 is 23.2 Å². The number of benzene rings is 2. The van der Waals surface area contributed by atoms with Gasteiger partial charge in [0.2, 0.25) is 21.8 Å². The highest BCUT2D eigenvalue weighted by Gasteiger charge is 2.29. The van der Waals surface area contributed by atoms with Crippen LogP contribution in [0.1, 0.15) is 68.6 Å². The van der Waals surface area contributed by atoms with Crippen molar-refractivity contribution in [1.29, 1.82) is 0 Å². The third-order valence-corrected chi connectivity index (χ3v) is 8.90. The summed E-state index contributed by atoms with van der Waals surface area (Å²) in [7, 11) is -3.56. The van der Waals surface area contributed by atoms with Gasteiger partial charge in [0.1, 0.15) is 6.04 Å². The van der Waals surface area contributed by atoms with Gasteiger partial charge in [-0.3, -0.25) is 13.9 Å². The molecule has 0 bridgehead atoms. The Hall–Kier alpha value is -2.29. The number of rotatable bonds is 11. The molecule has 0 radical (unpaired) electrons. The van der Waals surface area contributed by atoms with Gasteiger partial charge in [0.25, 0.3) is 0 Å². The molecule has 1 atom stereocenters. The minimum absolute atomic E-state index is 0.0725. The zero-order valence-corrected chi connectivity index (χ0v) is 25.5. The Bertz CT molecular complexity index is 1260. The summed E-state index contributed by atoms with van der Waals surface area (Å²) in [5.41, 5.74) is 3.17. The van der Waals surface area contributed by atoms with E-state index in [0.29, 0.717) is 27.7 Å². The van der Waals surface area contributed by atoms with E-state index in [9.17, 15) is 18.0 Å². The molecular formula is C29H39Cl2N3O4S. The van der Waals surface area contributed by atoms with E-state index in [4.69, 9.17) is 23.2 Å². The van der Waals surface area contributed by atoms with Gasteiger partial charge in [0.15, 0.2) is 0 Å². The third-order valence-electron chi connectivity index (χ3n) is 7.12. The fourth-order valence-electron chi connectivity index (χ4n) is 5.08. The van der Waals surface area contributed by atoms with E-state index < -0.39 is 16.1 Å². The second-order valence-electron chi connectivity index (χ2n) is 10.6. The molecule has 3 rings (SSSR count). The second-order valence-corrected chi connectivity index (χ2v) is 13.3. The predicted octanol–water partition coefficient (Wildman–Crippen LogP) is 6.02. The number of hydrogen-bond donors (Lipinski definition) is 1. The van der Waals surface area contributed by atoms with Crippen molar-refractivity contribution in [3.05, 3.63) is 63.1 Å². The summed E-state index contributed by atoms with van der Waals surface area (Å²) in [6.07, 6.45) is 6.75. The third kappa shape index (κ3) is 9.12. The minimum Gasteiger partial charge on any atom is -0.352 e. The quantitative estimate of drug-likeness (QED) is 0.344. The molecule has 0 aliphatic heterocycles. The molecule has 0 heterocycles. The maximum Gasteiger partial charge on any atom is 0.242 e. The van der Waals surface area contributed by atoms with E-state index in [0.717, 1.165) is 36.8 Å². The number of carbonyl (C=O) groups excluding carboxylic acids is 2. The first-order valence-corrected chi connectivity index (χ1v) is 16.1. The van der Waals surface area contributed by atoms with Gasteiger partial charge < -0.3 is 10.2 Å². The van der Waals surface area contributed by atoms with E-state index in [-0.39, 0.29) is 37.4 Å². The molecule has 10 heteroatoms.